The summed E-state index contributed by atoms with van der Waals surface area (Å²) in [6, 6.07) is 14.2. The predicted octanol–water partition coefficient (Wildman–Crippen LogP) is 2.60. The van der Waals surface area contributed by atoms with Crippen LogP contribution in [0.15, 0.2) is 42.5 Å². The van der Waals surface area contributed by atoms with Gasteiger partial charge in [-0.25, -0.2) is 0 Å². The minimum absolute atomic E-state index is 0.0534. The first-order valence-corrected chi connectivity index (χ1v) is 8.71. The monoisotopic (exact) mass is 322 g/mol. The Kier molecular flexibility index (Phi) is 3.75. The van der Waals surface area contributed by atoms with Crippen molar-refractivity contribution >= 4 is 22.6 Å². The summed E-state index contributed by atoms with van der Waals surface area (Å²) in [5.74, 6) is 0.160. The number of piperazine rings is 1. The third-order valence-corrected chi connectivity index (χ3v) is 5.38. The number of amides is 2. The van der Waals surface area contributed by atoms with Crippen LogP contribution in [-0.4, -0.2) is 46.8 Å². The highest BCUT2D eigenvalue weighted by atomic mass is 16.2. The fourth-order valence-corrected chi connectivity index (χ4v) is 4.02. The largest absolute Gasteiger partial charge is 0.336 e. The predicted molar refractivity (Wildman–Crippen MR) is 93.6 cm³/mol. The number of nitrogens with zero attached hydrogens (tertiary/aromatic N) is 2. The lowest BCUT2D eigenvalue weighted by Gasteiger charge is -2.41. The highest BCUT2D eigenvalue weighted by Crippen LogP contribution is 2.26. The van der Waals surface area contributed by atoms with Gasteiger partial charge in [0.05, 0.1) is 6.42 Å². The van der Waals surface area contributed by atoms with E-state index in [0.717, 1.165) is 30.3 Å². The van der Waals surface area contributed by atoms with E-state index in [-0.39, 0.29) is 23.9 Å². The highest BCUT2D eigenvalue weighted by Gasteiger charge is 2.41. The van der Waals surface area contributed by atoms with Gasteiger partial charge in [0.2, 0.25) is 11.8 Å². The van der Waals surface area contributed by atoms with E-state index in [1.807, 2.05) is 30.0 Å². The third kappa shape index (κ3) is 2.56. The first kappa shape index (κ1) is 15.2. The second kappa shape index (κ2) is 5.93. The summed E-state index contributed by atoms with van der Waals surface area (Å²) < 4.78 is 0. The van der Waals surface area contributed by atoms with Gasteiger partial charge in [0.1, 0.15) is 6.04 Å². The zero-order valence-electron chi connectivity index (χ0n) is 13.9. The molecule has 2 fully saturated rings. The van der Waals surface area contributed by atoms with Crippen molar-refractivity contribution in [1.29, 1.82) is 0 Å². The summed E-state index contributed by atoms with van der Waals surface area (Å²) in [5.41, 5.74) is 1.01. The van der Waals surface area contributed by atoms with Crippen LogP contribution in [0, 0.1) is 0 Å². The number of carbonyl (C=O) groups excluding carboxylic acids is 2. The molecule has 2 aromatic rings. The van der Waals surface area contributed by atoms with E-state index in [2.05, 4.69) is 24.3 Å². The van der Waals surface area contributed by atoms with Crippen LogP contribution < -0.4 is 0 Å². The Balaban J connectivity index is 1.53. The summed E-state index contributed by atoms with van der Waals surface area (Å²) in [7, 11) is 0. The Morgan fingerprint density at radius 2 is 1.96 bits per heavy atom. The normalized spacial score (nSPS) is 23.6. The lowest BCUT2D eigenvalue weighted by molar-refractivity contribution is -0.152. The summed E-state index contributed by atoms with van der Waals surface area (Å²) in [6.45, 7) is 3.38. The number of rotatable bonds is 2. The smallest absolute Gasteiger partial charge is 0.245 e. The second-order valence-corrected chi connectivity index (χ2v) is 6.91. The molecule has 0 bridgehead atoms. The van der Waals surface area contributed by atoms with Gasteiger partial charge >= 0.3 is 0 Å². The molecule has 0 aromatic heterocycles. The Morgan fingerprint density at radius 1 is 1.17 bits per heavy atom. The molecule has 2 amide bonds. The molecule has 2 aromatic carbocycles. The molecule has 0 unspecified atom stereocenters. The summed E-state index contributed by atoms with van der Waals surface area (Å²) >= 11 is 0. The maximum Gasteiger partial charge on any atom is 0.245 e. The number of hydrogen-bond acceptors (Lipinski definition) is 2. The molecule has 0 radical (unpaired) electrons. The summed E-state index contributed by atoms with van der Waals surface area (Å²) in [5, 5.41) is 2.32. The quantitative estimate of drug-likeness (QED) is 0.853. The van der Waals surface area contributed by atoms with Crippen molar-refractivity contribution in [2.24, 2.45) is 0 Å². The van der Waals surface area contributed by atoms with E-state index < -0.39 is 0 Å². The molecule has 4 rings (SSSR count). The van der Waals surface area contributed by atoms with Gasteiger partial charge in [0, 0.05) is 19.1 Å². The van der Waals surface area contributed by atoms with E-state index >= 15 is 0 Å². The topological polar surface area (TPSA) is 40.6 Å². The molecular formula is C20H22N2O2. The lowest BCUT2D eigenvalue weighted by atomic mass is 10.0. The number of benzene rings is 2. The van der Waals surface area contributed by atoms with Gasteiger partial charge in [-0.1, -0.05) is 42.5 Å². The Bertz CT molecular complexity index is 801. The van der Waals surface area contributed by atoms with Crippen molar-refractivity contribution in [3.8, 4) is 0 Å². The van der Waals surface area contributed by atoms with E-state index in [1.54, 1.807) is 4.90 Å². The number of hydrogen-bond donors (Lipinski definition) is 0. The molecule has 4 nitrogen and oxygen atoms in total. The van der Waals surface area contributed by atoms with Gasteiger partial charge in [-0.3, -0.25) is 9.59 Å². The van der Waals surface area contributed by atoms with Crippen LogP contribution in [0.4, 0.5) is 0 Å². The molecule has 0 aliphatic carbocycles. The Morgan fingerprint density at radius 3 is 2.79 bits per heavy atom. The second-order valence-electron chi connectivity index (χ2n) is 6.91. The number of fused-ring (bicyclic) bond motifs is 2. The van der Waals surface area contributed by atoms with Crippen LogP contribution >= 0.6 is 0 Å². The molecule has 2 saturated heterocycles. The van der Waals surface area contributed by atoms with Crippen molar-refractivity contribution in [2.75, 3.05) is 13.1 Å². The van der Waals surface area contributed by atoms with Crippen molar-refractivity contribution < 1.29 is 9.59 Å². The van der Waals surface area contributed by atoms with E-state index in [0.29, 0.717) is 13.0 Å². The molecule has 2 aliphatic rings. The third-order valence-electron chi connectivity index (χ3n) is 5.38. The minimum Gasteiger partial charge on any atom is -0.336 e. The zero-order valence-corrected chi connectivity index (χ0v) is 13.9. The van der Waals surface area contributed by atoms with Gasteiger partial charge in [-0.2, -0.15) is 0 Å². The molecule has 124 valence electrons. The fraction of sp³-hybridized carbons (Fsp3) is 0.400. The average Bonchev–Trinajstić information content (AvgIpc) is 3.06. The standard InChI is InChI=1S/C20H22N2O2/c1-14-20(24)21-10-4-7-18(21)13-22(14)19(23)12-15-8-9-16-5-2-3-6-17(16)11-15/h2-3,5-6,8-9,11,14,18H,4,7,10,12-13H2,1H3/t14-,18-/m1/s1. The van der Waals surface area contributed by atoms with Gasteiger partial charge in [-0.05, 0) is 36.1 Å². The van der Waals surface area contributed by atoms with Crippen LogP contribution in [0.2, 0.25) is 0 Å². The first-order valence-electron chi connectivity index (χ1n) is 8.71. The Labute approximate surface area is 142 Å². The van der Waals surface area contributed by atoms with Crippen molar-refractivity contribution in [3.63, 3.8) is 0 Å². The molecule has 2 heterocycles. The fourth-order valence-electron chi connectivity index (χ4n) is 4.02. The van der Waals surface area contributed by atoms with Crippen LogP contribution in [-0.2, 0) is 16.0 Å². The van der Waals surface area contributed by atoms with E-state index in [4.69, 9.17) is 0 Å². The summed E-state index contributed by atoms with van der Waals surface area (Å²) in [6.07, 6.45) is 2.42. The first-order chi connectivity index (χ1) is 11.6. The van der Waals surface area contributed by atoms with Gasteiger partial charge in [0.25, 0.3) is 0 Å². The highest BCUT2D eigenvalue weighted by molar-refractivity contribution is 5.90. The molecule has 0 spiro atoms. The SMILES string of the molecule is C[C@@H]1C(=O)N2CCC[C@@H]2CN1C(=O)Cc1ccc2ccccc2c1. The molecule has 2 atom stereocenters. The maximum atomic E-state index is 12.8. The molecular weight excluding hydrogens is 300 g/mol. The molecule has 4 heteroatoms. The zero-order chi connectivity index (χ0) is 16.7. The lowest BCUT2D eigenvalue weighted by Crippen LogP contribution is -2.60. The Hall–Kier alpha value is -2.36. The van der Waals surface area contributed by atoms with E-state index in [1.165, 1.54) is 5.39 Å². The van der Waals surface area contributed by atoms with Crippen LogP contribution in [0.5, 0.6) is 0 Å². The van der Waals surface area contributed by atoms with Gasteiger partial charge in [0.15, 0.2) is 0 Å². The van der Waals surface area contributed by atoms with Crippen molar-refractivity contribution in [2.45, 2.75) is 38.3 Å². The van der Waals surface area contributed by atoms with Crippen molar-refractivity contribution in [3.05, 3.63) is 48.0 Å². The van der Waals surface area contributed by atoms with Crippen LogP contribution in [0.1, 0.15) is 25.3 Å². The molecule has 2 aliphatic heterocycles. The van der Waals surface area contributed by atoms with Crippen molar-refractivity contribution in [1.82, 2.24) is 9.80 Å². The van der Waals surface area contributed by atoms with Gasteiger partial charge < -0.3 is 9.80 Å². The van der Waals surface area contributed by atoms with Crippen LogP contribution in [0.3, 0.4) is 0 Å². The molecule has 0 saturated carbocycles. The molecule has 0 N–H and O–H groups in total. The average molecular weight is 322 g/mol. The maximum absolute atomic E-state index is 12.8. The minimum atomic E-state index is -0.340. The van der Waals surface area contributed by atoms with Crippen LogP contribution in [0.25, 0.3) is 10.8 Å². The summed E-state index contributed by atoms with van der Waals surface area (Å²) in [4.78, 5) is 29.0. The van der Waals surface area contributed by atoms with E-state index in [9.17, 15) is 9.59 Å². The van der Waals surface area contributed by atoms with Gasteiger partial charge in [-0.15, -0.1) is 0 Å². The number of carbonyl (C=O) groups is 2. The molecule has 24 heavy (non-hydrogen) atoms.